The van der Waals surface area contributed by atoms with Crippen molar-refractivity contribution in [1.29, 1.82) is 0 Å². The van der Waals surface area contributed by atoms with Gasteiger partial charge in [0.1, 0.15) is 5.82 Å². The van der Waals surface area contributed by atoms with E-state index < -0.39 is 0 Å². The predicted octanol–water partition coefficient (Wildman–Crippen LogP) is 3.55. The van der Waals surface area contributed by atoms with Gasteiger partial charge >= 0.3 is 0 Å². The second-order valence-corrected chi connectivity index (χ2v) is 4.91. The maximum absolute atomic E-state index is 11.4. The molecule has 0 saturated carbocycles. The van der Waals surface area contributed by atoms with Crippen molar-refractivity contribution in [2.24, 2.45) is 0 Å². The van der Waals surface area contributed by atoms with E-state index in [1.54, 1.807) is 13.0 Å². The maximum atomic E-state index is 11.4. The second-order valence-electron chi connectivity index (χ2n) is 4.91. The number of hydrogen-bond donors (Lipinski definition) is 2. The number of carbonyl (C=O) groups is 1. The predicted molar refractivity (Wildman–Crippen MR) is 85.3 cm³/mol. The summed E-state index contributed by atoms with van der Waals surface area (Å²) in [6.07, 6.45) is 1.01. The first-order chi connectivity index (χ1) is 10.1. The molecule has 0 aliphatic heterocycles. The van der Waals surface area contributed by atoms with Crippen LogP contribution in [-0.2, 0) is 0 Å². The highest BCUT2D eigenvalue weighted by Gasteiger charge is 2.04. The van der Waals surface area contributed by atoms with E-state index in [9.17, 15) is 4.79 Å². The molecular weight excluding hydrogens is 264 g/mol. The van der Waals surface area contributed by atoms with Gasteiger partial charge in [-0.2, -0.15) is 4.98 Å². The van der Waals surface area contributed by atoms with Crippen LogP contribution in [0.25, 0.3) is 0 Å². The average Bonchev–Trinajstić information content (AvgIpc) is 2.45. The van der Waals surface area contributed by atoms with Gasteiger partial charge in [-0.3, -0.25) is 4.79 Å². The summed E-state index contributed by atoms with van der Waals surface area (Å²) in [6, 6.07) is 9.25. The van der Waals surface area contributed by atoms with E-state index in [0.29, 0.717) is 17.3 Å². The summed E-state index contributed by atoms with van der Waals surface area (Å²) in [7, 11) is 0. The molecular formula is C16H20N4O. The lowest BCUT2D eigenvalue weighted by Gasteiger charge is -2.10. The van der Waals surface area contributed by atoms with Crippen molar-refractivity contribution < 1.29 is 4.79 Å². The molecule has 0 bridgehead atoms. The Morgan fingerprint density at radius 2 is 2.05 bits per heavy atom. The molecule has 0 atom stereocenters. The van der Waals surface area contributed by atoms with Crippen LogP contribution in [0.5, 0.6) is 0 Å². The summed E-state index contributed by atoms with van der Waals surface area (Å²) in [4.78, 5) is 20.2. The van der Waals surface area contributed by atoms with Crippen LogP contribution in [-0.4, -0.2) is 22.3 Å². The Kier molecular flexibility index (Phi) is 4.87. The number of carbonyl (C=O) groups excluding carboxylic acids is 1. The van der Waals surface area contributed by atoms with Gasteiger partial charge in [-0.25, -0.2) is 4.98 Å². The molecule has 2 rings (SSSR count). The van der Waals surface area contributed by atoms with Crippen molar-refractivity contribution >= 4 is 23.2 Å². The molecule has 0 aliphatic carbocycles. The van der Waals surface area contributed by atoms with Crippen LogP contribution in [0, 0.1) is 6.92 Å². The minimum atomic E-state index is 0.0443. The van der Waals surface area contributed by atoms with Gasteiger partial charge in [-0.1, -0.05) is 19.1 Å². The lowest BCUT2D eigenvalue weighted by atomic mass is 10.1. The van der Waals surface area contributed by atoms with Crippen molar-refractivity contribution in [3.8, 4) is 0 Å². The number of hydrogen-bond acceptors (Lipinski definition) is 5. The zero-order valence-electron chi connectivity index (χ0n) is 12.6. The van der Waals surface area contributed by atoms with E-state index in [2.05, 4.69) is 27.5 Å². The van der Waals surface area contributed by atoms with Crippen LogP contribution in [0.15, 0.2) is 30.3 Å². The number of Topliss-reactive ketones (excluding diaryl/α,β-unsaturated/α-hetero) is 1. The Balaban J connectivity index is 2.20. The molecule has 110 valence electrons. The van der Waals surface area contributed by atoms with Gasteiger partial charge in [0.05, 0.1) is 0 Å². The maximum Gasteiger partial charge on any atom is 0.224 e. The number of anilines is 3. The summed E-state index contributed by atoms with van der Waals surface area (Å²) in [5.74, 6) is 1.37. The molecule has 5 heteroatoms. The zero-order valence-corrected chi connectivity index (χ0v) is 12.6. The lowest BCUT2D eigenvalue weighted by Crippen LogP contribution is -2.07. The monoisotopic (exact) mass is 284 g/mol. The molecule has 1 heterocycles. The van der Waals surface area contributed by atoms with Crippen molar-refractivity contribution in [1.82, 2.24) is 9.97 Å². The highest BCUT2D eigenvalue weighted by atomic mass is 16.1. The Morgan fingerprint density at radius 1 is 1.24 bits per heavy atom. The molecule has 0 spiro atoms. The third-order valence-corrected chi connectivity index (χ3v) is 2.93. The Hall–Kier alpha value is -2.43. The van der Waals surface area contributed by atoms with Gasteiger partial charge in [0.25, 0.3) is 0 Å². The van der Waals surface area contributed by atoms with Gasteiger partial charge in [-0.15, -0.1) is 0 Å². The van der Waals surface area contributed by atoms with Gasteiger partial charge in [0.15, 0.2) is 5.78 Å². The Labute approximate surface area is 124 Å². The Morgan fingerprint density at radius 3 is 2.76 bits per heavy atom. The van der Waals surface area contributed by atoms with Crippen molar-refractivity contribution in [2.45, 2.75) is 27.2 Å². The van der Waals surface area contributed by atoms with Crippen LogP contribution < -0.4 is 10.6 Å². The highest BCUT2D eigenvalue weighted by molar-refractivity contribution is 5.95. The number of ketones is 1. The second kappa shape index (κ2) is 6.83. The fourth-order valence-corrected chi connectivity index (χ4v) is 1.91. The molecule has 0 amide bonds. The molecule has 1 aromatic carbocycles. The molecule has 1 aromatic heterocycles. The van der Waals surface area contributed by atoms with Crippen LogP contribution in [0.4, 0.5) is 17.5 Å². The molecule has 2 N–H and O–H groups in total. The number of aromatic nitrogens is 2. The summed E-state index contributed by atoms with van der Waals surface area (Å²) in [6.45, 7) is 6.41. The van der Waals surface area contributed by atoms with E-state index in [-0.39, 0.29) is 5.78 Å². The van der Waals surface area contributed by atoms with Gasteiger partial charge in [-0.05, 0) is 32.4 Å². The molecule has 0 radical (unpaired) electrons. The van der Waals surface area contributed by atoms with Crippen LogP contribution in [0.2, 0.25) is 0 Å². The van der Waals surface area contributed by atoms with Gasteiger partial charge in [0, 0.05) is 29.6 Å². The molecule has 2 aromatic rings. The van der Waals surface area contributed by atoms with E-state index >= 15 is 0 Å². The standard InChI is InChI=1S/C16H20N4O/c1-4-8-17-16-18-11(2)9-15(20-16)19-14-7-5-6-13(10-14)12(3)21/h5-7,9-10H,4,8H2,1-3H3,(H2,17,18,19,20). The fraction of sp³-hybridized carbons (Fsp3) is 0.312. The Bertz CT molecular complexity index is 640. The number of aryl methyl sites for hydroxylation is 1. The minimum absolute atomic E-state index is 0.0443. The van der Waals surface area contributed by atoms with E-state index in [1.807, 2.05) is 31.2 Å². The van der Waals surface area contributed by atoms with Gasteiger partial charge < -0.3 is 10.6 Å². The SMILES string of the molecule is CCCNc1nc(C)cc(Nc2cccc(C(C)=O)c2)n1. The molecule has 0 unspecified atom stereocenters. The average molecular weight is 284 g/mol. The first-order valence-electron chi connectivity index (χ1n) is 7.06. The quantitative estimate of drug-likeness (QED) is 0.794. The largest absolute Gasteiger partial charge is 0.354 e. The van der Waals surface area contributed by atoms with Crippen molar-refractivity contribution in [2.75, 3.05) is 17.2 Å². The van der Waals surface area contributed by atoms with Crippen LogP contribution in [0.1, 0.15) is 36.3 Å². The topological polar surface area (TPSA) is 66.9 Å². The zero-order chi connectivity index (χ0) is 15.2. The smallest absolute Gasteiger partial charge is 0.224 e. The summed E-state index contributed by atoms with van der Waals surface area (Å²) in [5.41, 5.74) is 2.39. The van der Waals surface area contributed by atoms with Crippen LogP contribution in [0.3, 0.4) is 0 Å². The first kappa shape index (κ1) is 15.0. The van der Waals surface area contributed by atoms with E-state index in [1.165, 1.54) is 0 Å². The van der Waals surface area contributed by atoms with Gasteiger partial charge in [0.2, 0.25) is 5.95 Å². The van der Waals surface area contributed by atoms with E-state index in [0.717, 1.165) is 24.3 Å². The fourth-order valence-electron chi connectivity index (χ4n) is 1.91. The third-order valence-electron chi connectivity index (χ3n) is 2.93. The lowest BCUT2D eigenvalue weighted by molar-refractivity contribution is 0.101. The van der Waals surface area contributed by atoms with Crippen molar-refractivity contribution in [3.05, 3.63) is 41.6 Å². The summed E-state index contributed by atoms with van der Waals surface area (Å²) < 4.78 is 0. The summed E-state index contributed by atoms with van der Waals surface area (Å²) in [5, 5.41) is 6.39. The molecule has 0 fully saturated rings. The molecule has 21 heavy (non-hydrogen) atoms. The minimum Gasteiger partial charge on any atom is -0.354 e. The van der Waals surface area contributed by atoms with E-state index in [4.69, 9.17) is 0 Å². The molecule has 5 nitrogen and oxygen atoms in total. The number of benzene rings is 1. The molecule has 0 aliphatic rings. The number of nitrogens with one attached hydrogen (secondary N) is 2. The van der Waals surface area contributed by atoms with Crippen molar-refractivity contribution in [3.63, 3.8) is 0 Å². The first-order valence-corrected chi connectivity index (χ1v) is 7.06. The highest BCUT2D eigenvalue weighted by Crippen LogP contribution is 2.18. The summed E-state index contributed by atoms with van der Waals surface area (Å²) >= 11 is 0. The third kappa shape index (κ3) is 4.27. The number of nitrogens with zero attached hydrogens (tertiary/aromatic N) is 2. The molecule has 0 saturated heterocycles. The number of rotatable bonds is 6. The van der Waals surface area contributed by atoms with Crippen LogP contribution >= 0.6 is 0 Å². The normalized spacial score (nSPS) is 10.2.